The van der Waals surface area contributed by atoms with E-state index in [4.69, 9.17) is 9.26 Å². The van der Waals surface area contributed by atoms with Crippen LogP contribution in [0, 0.1) is 0 Å². The Kier molecular flexibility index (Phi) is 2.92. The number of rotatable bonds is 3. The van der Waals surface area contributed by atoms with Crippen LogP contribution in [0.5, 0.6) is 0 Å². The predicted octanol–water partition coefficient (Wildman–Crippen LogP) is 3.55. The Morgan fingerprint density at radius 3 is 2.73 bits per heavy atom. The molecule has 1 fully saturated rings. The number of fused-ring (bicyclic) bond motifs is 1. The molecule has 0 bridgehead atoms. The fraction of sp³-hybridized carbons (Fsp3) is 0.235. The lowest BCUT2D eigenvalue weighted by atomic mass is 10.0. The highest BCUT2D eigenvalue weighted by Gasteiger charge is 2.29. The molecule has 0 saturated heterocycles. The average molecular weight is 294 g/mol. The Morgan fingerprint density at radius 1 is 1.27 bits per heavy atom. The summed E-state index contributed by atoms with van der Waals surface area (Å²) in [5.74, 6) is 0.0211. The van der Waals surface area contributed by atoms with Gasteiger partial charge in [0.25, 0.3) is 5.71 Å². The van der Waals surface area contributed by atoms with Gasteiger partial charge in [-0.15, -0.1) is 0 Å². The van der Waals surface area contributed by atoms with Gasteiger partial charge in [-0.1, -0.05) is 35.5 Å². The molecule has 0 N–H and O–H groups in total. The summed E-state index contributed by atoms with van der Waals surface area (Å²) in [6.45, 7) is 0. The smallest absolute Gasteiger partial charge is 0.338 e. The summed E-state index contributed by atoms with van der Waals surface area (Å²) >= 11 is 0. The van der Waals surface area contributed by atoms with Crippen LogP contribution in [-0.2, 0) is 4.74 Å². The average Bonchev–Trinajstić information content (AvgIpc) is 3.33. The van der Waals surface area contributed by atoms with Crippen LogP contribution in [0.25, 0.3) is 22.4 Å². The molecule has 110 valence electrons. The van der Waals surface area contributed by atoms with Crippen LogP contribution < -0.4 is 0 Å². The molecule has 0 amide bonds. The number of hydrogen-bond donors (Lipinski definition) is 0. The van der Waals surface area contributed by atoms with E-state index in [0.717, 1.165) is 24.1 Å². The van der Waals surface area contributed by atoms with Gasteiger partial charge >= 0.3 is 5.97 Å². The van der Waals surface area contributed by atoms with Crippen LogP contribution in [0.15, 0.2) is 40.9 Å². The first kappa shape index (κ1) is 13.0. The lowest BCUT2D eigenvalue weighted by molar-refractivity contribution is 0.0602. The summed E-state index contributed by atoms with van der Waals surface area (Å²) in [5, 5.41) is 4.73. The van der Waals surface area contributed by atoms with Crippen molar-refractivity contribution in [3.05, 3.63) is 47.7 Å². The zero-order chi connectivity index (χ0) is 15.1. The predicted molar refractivity (Wildman–Crippen MR) is 80.6 cm³/mol. The summed E-state index contributed by atoms with van der Waals surface area (Å²) in [6, 6.07) is 11.4. The number of aromatic nitrogens is 2. The number of pyridine rings is 1. The van der Waals surface area contributed by atoms with Crippen LogP contribution in [-0.4, -0.2) is 23.2 Å². The second kappa shape index (κ2) is 4.94. The van der Waals surface area contributed by atoms with Crippen LogP contribution >= 0.6 is 0 Å². The van der Waals surface area contributed by atoms with Gasteiger partial charge in [-0.05, 0) is 18.9 Å². The second-order valence-corrected chi connectivity index (χ2v) is 5.44. The molecule has 4 rings (SSSR count). The summed E-state index contributed by atoms with van der Waals surface area (Å²) < 4.78 is 10.3. The Morgan fingerprint density at radius 2 is 2.05 bits per heavy atom. The first-order valence-corrected chi connectivity index (χ1v) is 7.22. The van der Waals surface area contributed by atoms with Gasteiger partial charge in [-0.2, -0.15) is 0 Å². The van der Waals surface area contributed by atoms with Crippen molar-refractivity contribution < 1.29 is 14.1 Å². The van der Waals surface area contributed by atoms with Gasteiger partial charge in [-0.25, -0.2) is 9.78 Å². The molecule has 0 unspecified atom stereocenters. The van der Waals surface area contributed by atoms with E-state index in [0.29, 0.717) is 28.3 Å². The zero-order valence-electron chi connectivity index (χ0n) is 12.1. The Labute approximate surface area is 126 Å². The number of ether oxygens (including phenoxy) is 1. The lowest BCUT2D eigenvalue weighted by Crippen LogP contribution is -2.04. The Balaban J connectivity index is 1.98. The third-order valence-electron chi connectivity index (χ3n) is 3.91. The third kappa shape index (κ3) is 2.06. The van der Waals surface area contributed by atoms with Gasteiger partial charge in [-0.3, -0.25) is 0 Å². The quantitative estimate of drug-likeness (QED) is 0.691. The van der Waals surface area contributed by atoms with Gasteiger partial charge in [0, 0.05) is 17.2 Å². The number of methoxy groups -OCH3 is 1. The molecule has 2 aromatic heterocycles. The minimum absolute atomic E-state index is 0.392. The molecule has 5 heteroatoms. The number of benzene rings is 1. The van der Waals surface area contributed by atoms with E-state index in [9.17, 15) is 4.79 Å². The normalized spacial score (nSPS) is 14.2. The minimum Gasteiger partial charge on any atom is -0.465 e. The standard InChI is InChI=1S/C17H14N2O3/c1-21-17(20)12-9-13(10-7-8-10)18-16-14(12)15(19-22-16)11-5-3-2-4-6-11/h2-6,9-10H,7-8H2,1H3. The molecular formula is C17H14N2O3. The van der Waals surface area contributed by atoms with Crippen LogP contribution in [0.2, 0.25) is 0 Å². The molecule has 3 aromatic rings. The maximum Gasteiger partial charge on any atom is 0.338 e. The summed E-state index contributed by atoms with van der Waals surface area (Å²) in [6.07, 6.45) is 2.19. The molecule has 0 spiro atoms. The van der Waals surface area contributed by atoms with Crippen molar-refractivity contribution in [2.75, 3.05) is 7.11 Å². The fourth-order valence-electron chi connectivity index (χ4n) is 2.62. The van der Waals surface area contributed by atoms with E-state index in [2.05, 4.69) is 10.1 Å². The molecule has 0 aliphatic heterocycles. The van der Waals surface area contributed by atoms with E-state index in [1.165, 1.54) is 7.11 Å². The highest BCUT2D eigenvalue weighted by atomic mass is 16.5. The van der Waals surface area contributed by atoms with Crippen molar-refractivity contribution in [3.63, 3.8) is 0 Å². The first-order chi connectivity index (χ1) is 10.8. The number of carbonyl (C=O) groups excluding carboxylic acids is 1. The van der Waals surface area contributed by atoms with Crippen molar-refractivity contribution in [3.8, 4) is 11.3 Å². The minimum atomic E-state index is -0.394. The maximum atomic E-state index is 12.2. The summed E-state index contributed by atoms with van der Waals surface area (Å²) in [7, 11) is 1.38. The van der Waals surface area contributed by atoms with E-state index in [1.807, 2.05) is 36.4 Å². The van der Waals surface area contributed by atoms with Crippen molar-refractivity contribution in [1.82, 2.24) is 10.1 Å². The molecular weight excluding hydrogens is 280 g/mol. The second-order valence-electron chi connectivity index (χ2n) is 5.44. The van der Waals surface area contributed by atoms with Gasteiger partial charge in [0.05, 0.1) is 18.1 Å². The number of hydrogen-bond acceptors (Lipinski definition) is 5. The molecule has 1 saturated carbocycles. The lowest BCUT2D eigenvalue weighted by Gasteiger charge is -2.05. The fourth-order valence-corrected chi connectivity index (χ4v) is 2.62. The molecule has 1 aromatic carbocycles. The highest BCUT2D eigenvalue weighted by Crippen LogP contribution is 2.41. The molecule has 22 heavy (non-hydrogen) atoms. The number of carbonyl (C=O) groups is 1. The molecule has 1 aliphatic carbocycles. The Bertz CT molecular complexity index is 851. The zero-order valence-corrected chi connectivity index (χ0v) is 12.1. The topological polar surface area (TPSA) is 65.2 Å². The molecule has 1 aliphatic rings. The number of nitrogens with zero attached hydrogens (tertiary/aromatic N) is 2. The summed E-state index contributed by atoms with van der Waals surface area (Å²) in [5.41, 5.74) is 3.24. The molecule has 0 radical (unpaired) electrons. The molecule has 0 atom stereocenters. The van der Waals surface area contributed by atoms with Gasteiger partial charge in [0.1, 0.15) is 5.69 Å². The molecule has 2 heterocycles. The van der Waals surface area contributed by atoms with Gasteiger partial charge in [0.2, 0.25) is 0 Å². The number of esters is 1. The van der Waals surface area contributed by atoms with Crippen molar-refractivity contribution in [1.29, 1.82) is 0 Å². The SMILES string of the molecule is COC(=O)c1cc(C2CC2)nc2onc(-c3ccccc3)c12. The maximum absolute atomic E-state index is 12.2. The monoisotopic (exact) mass is 294 g/mol. The van der Waals surface area contributed by atoms with Gasteiger partial charge in [0.15, 0.2) is 0 Å². The van der Waals surface area contributed by atoms with Crippen molar-refractivity contribution >= 4 is 17.1 Å². The van der Waals surface area contributed by atoms with E-state index < -0.39 is 5.97 Å². The van der Waals surface area contributed by atoms with Crippen LogP contribution in [0.4, 0.5) is 0 Å². The van der Waals surface area contributed by atoms with Crippen LogP contribution in [0.1, 0.15) is 34.8 Å². The highest BCUT2D eigenvalue weighted by molar-refractivity contribution is 6.07. The van der Waals surface area contributed by atoms with E-state index in [1.54, 1.807) is 0 Å². The van der Waals surface area contributed by atoms with Crippen LogP contribution in [0.3, 0.4) is 0 Å². The van der Waals surface area contributed by atoms with E-state index in [-0.39, 0.29) is 0 Å². The summed E-state index contributed by atoms with van der Waals surface area (Å²) in [4.78, 5) is 16.7. The molecule has 5 nitrogen and oxygen atoms in total. The van der Waals surface area contributed by atoms with Gasteiger partial charge < -0.3 is 9.26 Å². The first-order valence-electron chi connectivity index (χ1n) is 7.22. The van der Waals surface area contributed by atoms with Crippen molar-refractivity contribution in [2.45, 2.75) is 18.8 Å². The van der Waals surface area contributed by atoms with Crippen molar-refractivity contribution in [2.24, 2.45) is 0 Å². The van der Waals surface area contributed by atoms with E-state index >= 15 is 0 Å². The largest absolute Gasteiger partial charge is 0.465 e. The Hall–Kier alpha value is -2.69. The third-order valence-corrected chi connectivity index (χ3v) is 3.91.